The average Bonchev–Trinajstić information content (AvgIpc) is 3.03. The van der Waals surface area contributed by atoms with Crippen LogP contribution in [0.15, 0.2) is 53.6 Å². The molecule has 1 fully saturated rings. The van der Waals surface area contributed by atoms with Crippen molar-refractivity contribution in [3.8, 4) is 0 Å². The molecule has 0 saturated heterocycles. The number of pyridine rings is 1. The van der Waals surface area contributed by atoms with Crippen molar-refractivity contribution in [3.05, 3.63) is 54.4 Å². The molecule has 3 rings (SSSR count). The smallest absolute Gasteiger partial charge is 0.0657 e. The number of benzene rings is 1. The van der Waals surface area contributed by atoms with Crippen LogP contribution in [0.5, 0.6) is 0 Å². The van der Waals surface area contributed by atoms with Crippen LogP contribution >= 0.6 is 11.8 Å². The summed E-state index contributed by atoms with van der Waals surface area (Å²) < 4.78 is 0. The maximum Gasteiger partial charge on any atom is 0.0657 e. The summed E-state index contributed by atoms with van der Waals surface area (Å²) in [4.78, 5) is 5.78. The third-order valence-electron chi connectivity index (χ3n) is 3.97. The molecular formula is C18H22N2S. The Morgan fingerprint density at radius 3 is 2.52 bits per heavy atom. The Hall–Kier alpha value is -1.48. The van der Waals surface area contributed by atoms with Crippen molar-refractivity contribution < 1.29 is 0 Å². The summed E-state index contributed by atoms with van der Waals surface area (Å²) in [5.41, 5.74) is 2.23. The number of aromatic nitrogens is 1. The van der Waals surface area contributed by atoms with Crippen LogP contribution in [0, 0.1) is 0 Å². The number of rotatable bonds is 5. The van der Waals surface area contributed by atoms with E-state index in [0.29, 0.717) is 0 Å². The maximum atomic E-state index is 4.39. The van der Waals surface area contributed by atoms with Crippen molar-refractivity contribution in [1.29, 1.82) is 0 Å². The molecule has 1 saturated carbocycles. The topological polar surface area (TPSA) is 24.9 Å². The Balaban J connectivity index is 1.59. The van der Waals surface area contributed by atoms with Gasteiger partial charge >= 0.3 is 0 Å². The lowest BCUT2D eigenvalue weighted by atomic mass is 10.2. The van der Waals surface area contributed by atoms with Gasteiger partial charge in [0.15, 0.2) is 0 Å². The first-order chi connectivity index (χ1) is 10.3. The molecule has 3 heteroatoms. The first-order valence-corrected chi connectivity index (χ1v) is 8.63. The van der Waals surface area contributed by atoms with Crippen molar-refractivity contribution in [2.75, 3.05) is 5.32 Å². The molecule has 0 spiro atoms. The van der Waals surface area contributed by atoms with Gasteiger partial charge < -0.3 is 5.32 Å². The Labute approximate surface area is 131 Å². The normalized spacial score (nSPS) is 16.8. The van der Waals surface area contributed by atoms with Gasteiger partial charge in [0.25, 0.3) is 0 Å². The molecule has 1 aliphatic rings. The predicted molar refractivity (Wildman–Crippen MR) is 90.8 cm³/mol. The molecule has 0 radical (unpaired) electrons. The van der Waals surface area contributed by atoms with Gasteiger partial charge in [-0.2, -0.15) is 0 Å². The second-order valence-corrected chi connectivity index (χ2v) is 7.04. The molecule has 1 atom stereocenters. The van der Waals surface area contributed by atoms with E-state index in [2.05, 4.69) is 47.6 Å². The van der Waals surface area contributed by atoms with Crippen LogP contribution in [0.3, 0.4) is 0 Å². The van der Waals surface area contributed by atoms with Crippen molar-refractivity contribution in [2.45, 2.75) is 48.8 Å². The van der Waals surface area contributed by atoms with Crippen LogP contribution in [0.4, 0.5) is 5.69 Å². The van der Waals surface area contributed by atoms with E-state index in [-0.39, 0.29) is 6.04 Å². The maximum absolute atomic E-state index is 4.39. The summed E-state index contributed by atoms with van der Waals surface area (Å²) in [6.07, 6.45) is 7.40. The predicted octanol–water partition coefficient (Wildman–Crippen LogP) is 5.29. The highest BCUT2D eigenvalue weighted by Gasteiger charge is 2.15. The van der Waals surface area contributed by atoms with Gasteiger partial charge in [0.1, 0.15) is 0 Å². The molecule has 0 amide bonds. The number of anilines is 1. The summed E-state index contributed by atoms with van der Waals surface area (Å²) in [7, 11) is 0. The van der Waals surface area contributed by atoms with Crippen LogP contribution < -0.4 is 5.32 Å². The Morgan fingerprint density at radius 1 is 1.10 bits per heavy atom. The molecule has 1 heterocycles. The Morgan fingerprint density at radius 2 is 1.86 bits per heavy atom. The molecule has 1 N–H and O–H groups in total. The Bertz CT molecular complexity index is 547. The van der Waals surface area contributed by atoms with E-state index in [1.807, 2.05) is 30.1 Å². The Kier molecular flexibility index (Phi) is 4.81. The van der Waals surface area contributed by atoms with Gasteiger partial charge in [0, 0.05) is 22.0 Å². The van der Waals surface area contributed by atoms with E-state index in [4.69, 9.17) is 0 Å². The molecule has 1 unspecified atom stereocenters. The number of thioether (sulfide) groups is 1. The quantitative estimate of drug-likeness (QED) is 0.812. The minimum absolute atomic E-state index is 0.222. The highest BCUT2D eigenvalue weighted by atomic mass is 32.2. The fourth-order valence-corrected chi connectivity index (χ4v) is 4.03. The van der Waals surface area contributed by atoms with E-state index >= 15 is 0 Å². The molecule has 2 aromatic rings. The minimum Gasteiger partial charge on any atom is -0.377 e. The van der Waals surface area contributed by atoms with Crippen molar-refractivity contribution in [3.63, 3.8) is 0 Å². The summed E-state index contributed by atoms with van der Waals surface area (Å²) >= 11 is 2.04. The molecule has 0 aliphatic heterocycles. The summed E-state index contributed by atoms with van der Waals surface area (Å²) in [5.74, 6) is 0. The number of hydrogen-bond acceptors (Lipinski definition) is 3. The lowest BCUT2D eigenvalue weighted by Crippen LogP contribution is -2.07. The van der Waals surface area contributed by atoms with Gasteiger partial charge in [-0.1, -0.05) is 18.9 Å². The third kappa shape index (κ3) is 4.01. The fraction of sp³-hybridized carbons (Fsp3) is 0.389. The SMILES string of the molecule is CC(Nc1ccc(SC2CCCC2)cc1)c1ccccn1. The van der Waals surface area contributed by atoms with Crippen LogP contribution in [0.25, 0.3) is 0 Å². The van der Waals surface area contributed by atoms with Crippen molar-refractivity contribution in [2.24, 2.45) is 0 Å². The lowest BCUT2D eigenvalue weighted by Gasteiger charge is -2.15. The minimum atomic E-state index is 0.222. The lowest BCUT2D eigenvalue weighted by molar-refractivity contribution is 0.839. The van der Waals surface area contributed by atoms with Crippen LogP contribution in [-0.2, 0) is 0 Å². The van der Waals surface area contributed by atoms with E-state index in [9.17, 15) is 0 Å². The summed E-state index contributed by atoms with van der Waals surface area (Å²) in [5, 5.41) is 4.34. The summed E-state index contributed by atoms with van der Waals surface area (Å²) in [6.45, 7) is 2.14. The van der Waals surface area contributed by atoms with Gasteiger partial charge in [-0.25, -0.2) is 0 Å². The van der Waals surface area contributed by atoms with E-state index in [1.165, 1.54) is 30.6 Å². The van der Waals surface area contributed by atoms with Gasteiger partial charge in [-0.05, 0) is 56.2 Å². The highest BCUT2D eigenvalue weighted by molar-refractivity contribution is 8.00. The van der Waals surface area contributed by atoms with E-state index in [0.717, 1.165) is 16.6 Å². The molecule has 21 heavy (non-hydrogen) atoms. The zero-order chi connectivity index (χ0) is 14.5. The summed E-state index contributed by atoms with van der Waals surface area (Å²) in [6, 6.07) is 15.1. The third-order valence-corrected chi connectivity index (χ3v) is 5.32. The fourth-order valence-electron chi connectivity index (χ4n) is 2.78. The average molecular weight is 298 g/mol. The molecular weight excluding hydrogens is 276 g/mol. The second-order valence-electron chi connectivity index (χ2n) is 5.67. The zero-order valence-corrected chi connectivity index (χ0v) is 13.3. The van der Waals surface area contributed by atoms with Crippen molar-refractivity contribution in [1.82, 2.24) is 4.98 Å². The highest BCUT2D eigenvalue weighted by Crippen LogP contribution is 2.35. The number of nitrogens with one attached hydrogen (secondary N) is 1. The number of nitrogens with zero attached hydrogens (tertiary/aromatic N) is 1. The van der Waals surface area contributed by atoms with Gasteiger partial charge in [-0.15, -0.1) is 11.8 Å². The van der Waals surface area contributed by atoms with E-state index in [1.54, 1.807) is 0 Å². The van der Waals surface area contributed by atoms with Gasteiger partial charge in [-0.3, -0.25) is 4.98 Å². The van der Waals surface area contributed by atoms with Crippen LogP contribution in [0.1, 0.15) is 44.3 Å². The monoisotopic (exact) mass is 298 g/mol. The largest absolute Gasteiger partial charge is 0.377 e. The van der Waals surface area contributed by atoms with Crippen LogP contribution in [0.2, 0.25) is 0 Å². The first-order valence-electron chi connectivity index (χ1n) is 7.75. The van der Waals surface area contributed by atoms with Crippen LogP contribution in [-0.4, -0.2) is 10.2 Å². The molecule has 110 valence electrons. The molecule has 2 nitrogen and oxygen atoms in total. The second kappa shape index (κ2) is 6.99. The molecule has 1 aromatic carbocycles. The standard InChI is InChI=1S/C18H22N2S/c1-14(18-8-4-5-13-19-18)20-15-9-11-17(12-10-15)21-16-6-2-3-7-16/h4-5,8-14,16,20H,2-3,6-7H2,1H3. The zero-order valence-electron chi connectivity index (χ0n) is 12.5. The molecule has 1 aromatic heterocycles. The van der Waals surface area contributed by atoms with E-state index < -0.39 is 0 Å². The molecule has 0 bridgehead atoms. The van der Waals surface area contributed by atoms with Gasteiger partial charge in [0.2, 0.25) is 0 Å². The van der Waals surface area contributed by atoms with Crippen molar-refractivity contribution >= 4 is 17.4 Å². The number of hydrogen-bond donors (Lipinski definition) is 1. The molecule has 1 aliphatic carbocycles. The van der Waals surface area contributed by atoms with Gasteiger partial charge in [0.05, 0.1) is 11.7 Å². The first kappa shape index (κ1) is 14.5.